The summed E-state index contributed by atoms with van der Waals surface area (Å²) in [6.45, 7) is 0. The Bertz CT molecular complexity index is 649. The lowest BCUT2D eigenvalue weighted by Gasteiger charge is -2.17. The summed E-state index contributed by atoms with van der Waals surface area (Å²) in [7, 11) is 1.57. The van der Waals surface area contributed by atoms with Crippen LogP contribution in [-0.2, 0) is 0 Å². The molecule has 1 atom stereocenters. The molecule has 2 aromatic carbocycles. The van der Waals surface area contributed by atoms with Crippen LogP contribution >= 0.6 is 55.1 Å². The highest BCUT2D eigenvalue weighted by molar-refractivity contribution is 9.10. The molecule has 0 fully saturated rings. The van der Waals surface area contributed by atoms with Crippen molar-refractivity contribution in [2.45, 2.75) is 4.83 Å². The first-order valence-electron chi connectivity index (χ1n) is 5.56. The van der Waals surface area contributed by atoms with E-state index < -0.39 is 5.82 Å². The molecule has 2 aromatic rings. The van der Waals surface area contributed by atoms with Gasteiger partial charge in [0.15, 0.2) is 0 Å². The highest BCUT2D eigenvalue weighted by Crippen LogP contribution is 2.42. The molecule has 0 aliphatic rings. The van der Waals surface area contributed by atoms with E-state index in [0.29, 0.717) is 10.8 Å². The molecule has 0 bridgehead atoms. The van der Waals surface area contributed by atoms with Gasteiger partial charge in [0.05, 0.1) is 21.4 Å². The second-order valence-corrected chi connectivity index (χ2v) is 6.66. The minimum Gasteiger partial charge on any atom is -0.495 e. The third-order valence-electron chi connectivity index (χ3n) is 2.75. The fourth-order valence-electron chi connectivity index (χ4n) is 1.83. The van der Waals surface area contributed by atoms with Crippen molar-refractivity contribution in [3.05, 3.63) is 61.8 Å². The number of halogens is 5. The number of benzene rings is 2. The van der Waals surface area contributed by atoms with Crippen molar-refractivity contribution in [2.24, 2.45) is 0 Å². The molecule has 0 aliphatic heterocycles. The van der Waals surface area contributed by atoms with Gasteiger partial charge in [-0.05, 0) is 45.8 Å². The van der Waals surface area contributed by atoms with Crippen LogP contribution in [0, 0.1) is 5.82 Å². The number of hydrogen-bond donors (Lipinski definition) is 0. The number of alkyl halides is 1. The van der Waals surface area contributed by atoms with Crippen LogP contribution in [0.4, 0.5) is 4.39 Å². The van der Waals surface area contributed by atoms with Gasteiger partial charge in [0.2, 0.25) is 0 Å². The third-order valence-corrected chi connectivity index (χ3v) is 4.89. The van der Waals surface area contributed by atoms with E-state index in [1.807, 2.05) is 0 Å². The summed E-state index contributed by atoms with van der Waals surface area (Å²) in [4.78, 5) is -0.265. The summed E-state index contributed by atoms with van der Waals surface area (Å²) < 4.78 is 19.7. The van der Waals surface area contributed by atoms with Crippen molar-refractivity contribution in [3.63, 3.8) is 0 Å². The topological polar surface area (TPSA) is 9.23 Å². The fraction of sp³-hybridized carbons (Fsp3) is 0.143. The average molecular weight is 443 g/mol. The van der Waals surface area contributed by atoms with Gasteiger partial charge in [-0.3, -0.25) is 0 Å². The molecule has 0 radical (unpaired) electrons. The molecule has 0 amide bonds. The maximum Gasteiger partial charge on any atom is 0.142 e. The van der Waals surface area contributed by atoms with Crippen molar-refractivity contribution in [3.8, 4) is 5.75 Å². The Labute approximate surface area is 143 Å². The van der Waals surface area contributed by atoms with Crippen LogP contribution in [0.15, 0.2) is 34.8 Å². The standard InChI is InChI=1S/C14H9Br2Cl2FO/c1-20-14-9(5-8(17)6-10(14)15)13(16)7-2-3-11(18)12(19)4-7/h2-6,13H,1H3. The van der Waals surface area contributed by atoms with Crippen molar-refractivity contribution in [1.29, 1.82) is 0 Å². The Hall–Kier alpha value is -0.290. The lowest BCUT2D eigenvalue weighted by molar-refractivity contribution is 0.408. The molecule has 0 aliphatic carbocycles. The molecule has 0 saturated carbocycles. The zero-order valence-corrected chi connectivity index (χ0v) is 14.9. The van der Waals surface area contributed by atoms with E-state index in [1.165, 1.54) is 12.1 Å². The Morgan fingerprint density at radius 2 is 1.90 bits per heavy atom. The summed E-state index contributed by atoms with van der Waals surface area (Å²) in [6.07, 6.45) is 0. The lowest BCUT2D eigenvalue weighted by atomic mass is 10.0. The Kier molecular flexibility index (Phi) is 5.35. The smallest absolute Gasteiger partial charge is 0.142 e. The van der Waals surface area contributed by atoms with Crippen LogP contribution in [0.3, 0.4) is 0 Å². The van der Waals surface area contributed by atoms with Crippen LogP contribution in [0.5, 0.6) is 5.75 Å². The molecule has 2 rings (SSSR count). The Morgan fingerprint density at radius 3 is 2.50 bits per heavy atom. The maximum atomic E-state index is 13.6. The molecule has 1 nitrogen and oxygen atoms in total. The monoisotopic (exact) mass is 440 g/mol. The van der Waals surface area contributed by atoms with Crippen LogP contribution in [0.25, 0.3) is 0 Å². The summed E-state index contributed by atoms with van der Waals surface area (Å²) in [6, 6.07) is 8.17. The Morgan fingerprint density at radius 1 is 1.20 bits per heavy atom. The van der Waals surface area contributed by atoms with Crippen LogP contribution < -0.4 is 4.74 Å². The van der Waals surface area contributed by atoms with Gasteiger partial charge in [-0.2, -0.15) is 0 Å². The molecule has 0 saturated heterocycles. The fourth-order valence-corrected chi connectivity index (χ4v) is 3.57. The number of ether oxygens (including phenoxy) is 1. The van der Waals surface area contributed by atoms with E-state index in [9.17, 15) is 4.39 Å². The molecule has 0 spiro atoms. The van der Waals surface area contributed by atoms with Crippen molar-refractivity contribution < 1.29 is 9.13 Å². The van der Waals surface area contributed by atoms with Crippen LogP contribution in [0.2, 0.25) is 10.0 Å². The predicted octanol–water partition coefficient (Wildman–Crippen LogP) is 6.39. The van der Waals surface area contributed by atoms with Gasteiger partial charge in [0, 0.05) is 10.6 Å². The molecular weight excluding hydrogens is 434 g/mol. The molecule has 6 heteroatoms. The molecule has 0 N–H and O–H groups in total. The van der Waals surface area contributed by atoms with E-state index in [4.69, 9.17) is 27.9 Å². The molecular formula is C14H9Br2Cl2FO. The summed E-state index contributed by atoms with van der Waals surface area (Å²) in [5.74, 6) is 0.181. The quantitative estimate of drug-likeness (QED) is 0.500. The summed E-state index contributed by atoms with van der Waals surface area (Å²) in [5, 5.41) is 0.652. The molecule has 106 valence electrons. The van der Waals surface area contributed by atoms with Crippen molar-refractivity contribution >= 4 is 55.1 Å². The van der Waals surface area contributed by atoms with Gasteiger partial charge >= 0.3 is 0 Å². The van der Waals surface area contributed by atoms with E-state index in [0.717, 1.165) is 15.6 Å². The molecule has 1 unspecified atom stereocenters. The minimum atomic E-state index is -0.464. The number of hydrogen-bond acceptors (Lipinski definition) is 1. The zero-order valence-electron chi connectivity index (χ0n) is 10.3. The summed E-state index contributed by atoms with van der Waals surface area (Å²) in [5.41, 5.74) is 1.52. The van der Waals surface area contributed by atoms with Gasteiger partial charge in [-0.15, -0.1) is 0 Å². The summed E-state index contributed by atoms with van der Waals surface area (Å²) >= 11 is 18.7. The molecule has 0 heterocycles. The zero-order chi connectivity index (χ0) is 14.9. The first-order chi connectivity index (χ1) is 9.43. The minimum absolute atomic E-state index is 0.0905. The van der Waals surface area contributed by atoms with E-state index in [2.05, 4.69) is 31.9 Å². The SMILES string of the molecule is COc1c(Br)cc(Cl)cc1C(Br)c1ccc(Cl)c(F)c1. The molecule has 20 heavy (non-hydrogen) atoms. The Balaban J connectivity index is 2.52. The third kappa shape index (κ3) is 3.30. The predicted molar refractivity (Wildman–Crippen MR) is 87.9 cm³/mol. The first-order valence-corrected chi connectivity index (χ1v) is 8.02. The first kappa shape index (κ1) is 16.1. The second kappa shape index (κ2) is 6.65. The van der Waals surface area contributed by atoms with E-state index in [-0.39, 0.29) is 9.85 Å². The van der Waals surface area contributed by atoms with Gasteiger partial charge < -0.3 is 4.74 Å². The van der Waals surface area contributed by atoms with Crippen LogP contribution in [-0.4, -0.2) is 7.11 Å². The van der Waals surface area contributed by atoms with Gasteiger partial charge in [-0.1, -0.05) is 45.2 Å². The van der Waals surface area contributed by atoms with Gasteiger partial charge in [-0.25, -0.2) is 4.39 Å². The van der Waals surface area contributed by atoms with E-state index >= 15 is 0 Å². The highest BCUT2D eigenvalue weighted by atomic mass is 79.9. The highest BCUT2D eigenvalue weighted by Gasteiger charge is 2.19. The van der Waals surface area contributed by atoms with E-state index in [1.54, 1.807) is 25.3 Å². The maximum absolute atomic E-state index is 13.6. The van der Waals surface area contributed by atoms with Crippen molar-refractivity contribution in [1.82, 2.24) is 0 Å². The average Bonchev–Trinajstić information content (AvgIpc) is 2.40. The number of methoxy groups -OCH3 is 1. The molecule has 0 aromatic heterocycles. The lowest BCUT2D eigenvalue weighted by Crippen LogP contribution is -1.99. The second-order valence-electron chi connectivity index (χ2n) is 4.05. The van der Waals surface area contributed by atoms with Gasteiger partial charge in [0.25, 0.3) is 0 Å². The van der Waals surface area contributed by atoms with Crippen molar-refractivity contribution in [2.75, 3.05) is 7.11 Å². The largest absolute Gasteiger partial charge is 0.495 e. The van der Waals surface area contributed by atoms with Crippen LogP contribution in [0.1, 0.15) is 16.0 Å². The van der Waals surface area contributed by atoms with Gasteiger partial charge in [0.1, 0.15) is 11.6 Å². The normalized spacial score (nSPS) is 12.3. The number of rotatable bonds is 3.